The fourth-order valence-electron chi connectivity index (χ4n) is 3.82. The second-order valence-electron chi connectivity index (χ2n) is 7.13. The van der Waals surface area contributed by atoms with Gasteiger partial charge in [0, 0.05) is 38.7 Å². The summed E-state index contributed by atoms with van der Waals surface area (Å²) in [5.41, 5.74) is -0.477. The van der Waals surface area contributed by atoms with E-state index in [1.807, 2.05) is 0 Å². The highest BCUT2D eigenvalue weighted by Gasteiger charge is 2.27. The largest absolute Gasteiger partial charge is 0.341 e. The quantitative estimate of drug-likeness (QED) is 0.768. The lowest BCUT2D eigenvalue weighted by Crippen LogP contribution is -2.38. The van der Waals surface area contributed by atoms with Gasteiger partial charge in [0.15, 0.2) is 11.6 Å². The monoisotopic (exact) mass is 368 g/mol. The van der Waals surface area contributed by atoms with E-state index in [0.717, 1.165) is 12.8 Å². The lowest BCUT2D eigenvalue weighted by Gasteiger charge is -2.23. The Hall–Kier alpha value is -2.05. The van der Waals surface area contributed by atoms with E-state index < -0.39 is 28.9 Å². The maximum atomic E-state index is 13.9. The van der Waals surface area contributed by atoms with Crippen LogP contribution in [0.2, 0.25) is 0 Å². The van der Waals surface area contributed by atoms with Crippen LogP contribution < -0.4 is 0 Å². The molecule has 2 aliphatic rings. The number of hydrogen-bond acceptors (Lipinski definition) is 2. The topological polar surface area (TPSA) is 40.6 Å². The van der Waals surface area contributed by atoms with Crippen molar-refractivity contribution in [2.24, 2.45) is 5.92 Å². The Labute approximate surface area is 151 Å². The number of halogens is 3. The first-order chi connectivity index (χ1) is 12.5. The number of nitrogens with zero attached hydrogens (tertiary/aromatic N) is 2. The molecule has 1 saturated carbocycles. The van der Waals surface area contributed by atoms with Crippen LogP contribution in [0.1, 0.15) is 48.9 Å². The van der Waals surface area contributed by atoms with Gasteiger partial charge in [0.1, 0.15) is 5.82 Å². The van der Waals surface area contributed by atoms with Crippen LogP contribution in [0.5, 0.6) is 0 Å². The molecule has 1 heterocycles. The van der Waals surface area contributed by atoms with Crippen molar-refractivity contribution in [2.75, 3.05) is 26.2 Å². The average molecular weight is 368 g/mol. The van der Waals surface area contributed by atoms with Crippen LogP contribution in [0.25, 0.3) is 0 Å². The van der Waals surface area contributed by atoms with Crippen molar-refractivity contribution in [1.29, 1.82) is 0 Å². The summed E-state index contributed by atoms with van der Waals surface area (Å²) < 4.78 is 40.3. The summed E-state index contributed by atoms with van der Waals surface area (Å²) in [5, 5.41) is 0. The molecule has 1 aliphatic heterocycles. The fourth-order valence-corrected chi connectivity index (χ4v) is 3.82. The molecule has 2 fully saturated rings. The minimum atomic E-state index is -1.32. The third kappa shape index (κ3) is 4.19. The molecule has 0 bridgehead atoms. The van der Waals surface area contributed by atoms with E-state index in [2.05, 4.69) is 0 Å². The zero-order chi connectivity index (χ0) is 18.7. The minimum Gasteiger partial charge on any atom is -0.341 e. The maximum Gasteiger partial charge on any atom is 0.256 e. The molecule has 3 rings (SSSR count). The Morgan fingerprint density at radius 3 is 2.19 bits per heavy atom. The van der Waals surface area contributed by atoms with Crippen molar-refractivity contribution >= 4 is 11.8 Å². The van der Waals surface area contributed by atoms with Crippen LogP contribution in [0.4, 0.5) is 13.2 Å². The Morgan fingerprint density at radius 1 is 0.846 bits per heavy atom. The van der Waals surface area contributed by atoms with Crippen molar-refractivity contribution in [3.8, 4) is 0 Å². The van der Waals surface area contributed by atoms with Crippen LogP contribution in [-0.2, 0) is 4.79 Å². The first-order valence-corrected chi connectivity index (χ1v) is 9.17. The highest BCUT2D eigenvalue weighted by atomic mass is 19.2. The number of carbonyl (C=O) groups excluding carboxylic acids is 2. The maximum absolute atomic E-state index is 13.9. The summed E-state index contributed by atoms with van der Waals surface area (Å²) in [6, 6.07) is 0.985. The van der Waals surface area contributed by atoms with Gasteiger partial charge in [-0.05, 0) is 31.2 Å². The Balaban J connectivity index is 1.62. The van der Waals surface area contributed by atoms with Gasteiger partial charge in [0.2, 0.25) is 5.91 Å². The van der Waals surface area contributed by atoms with Crippen molar-refractivity contribution in [3.63, 3.8) is 0 Å². The van der Waals surface area contributed by atoms with E-state index in [0.29, 0.717) is 50.5 Å². The summed E-state index contributed by atoms with van der Waals surface area (Å²) in [7, 11) is 0. The number of amides is 2. The molecule has 1 saturated heterocycles. The van der Waals surface area contributed by atoms with Crippen molar-refractivity contribution in [3.05, 3.63) is 35.1 Å². The molecule has 0 radical (unpaired) electrons. The van der Waals surface area contributed by atoms with Gasteiger partial charge in [0.05, 0.1) is 5.56 Å². The predicted molar refractivity (Wildman–Crippen MR) is 90.0 cm³/mol. The number of carbonyl (C=O) groups is 2. The molecular weight excluding hydrogens is 345 g/mol. The van der Waals surface area contributed by atoms with Gasteiger partial charge in [-0.25, -0.2) is 13.2 Å². The van der Waals surface area contributed by atoms with E-state index >= 15 is 0 Å². The van der Waals surface area contributed by atoms with Crippen LogP contribution in [0.15, 0.2) is 12.1 Å². The molecule has 2 amide bonds. The van der Waals surface area contributed by atoms with E-state index in [9.17, 15) is 22.8 Å². The Kier molecular flexibility index (Phi) is 5.84. The fraction of sp³-hybridized carbons (Fsp3) is 0.579. The zero-order valence-corrected chi connectivity index (χ0v) is 14.6. The van der Waals surface area contributed by atoms with E-state index in [1.165, 1.54) is 17.7 Å². The van der Waals surface area contributed by atoms with E-state index in [4.69, 9.17) is 0 Å². The molecule has 0 N–H and O–H groups in total. The first kappa shape index (κ1) is 18.7. The van der Waals surface area contributed by atoms with Gasteiger partial charge in [-0.2, -0.15) is 0 Å². The second kappa shape index (κ2) is 8.10. The van der Waals surface area contributed by atoms with E-state index in [1.54, 1.807) is 4.90 Å². The van der Waals surface area contributed by atoms with Crippen LogP contribution in [0, 0.1) is 23.4 Å². The highest BCUT2D eigenvalue weighted by Crippen LogP contribution is 2.28. The standard InChI is InChI=1S/C19H23F3N2O2/c20-15-12-17(22)16(21)11-14(15)19(26)24-7-3-6-23(8-9-24)18(25)10-13-4-1-2-5-13/h11-13H,1-10H2. The van der Waals surface area contributed by atoms with Crippen molar-refractivity contribution in [2.45, 2.75) is 38.5 Å². The summed E-state index contributed by atoms with van der Waals surface area (Å²) in [4.78, 5) is 28.1. The summed E-state index contributed by atoms with van der Waals surface area (Å²) in [5.74, 6) is -3.76. The van der Waals surface area contributed by atoms with Crippen molar-refractivity contribution in [1.82, 2.24) is 9.80 Å². The van der Waals surface area contributed by atoms with Gasteiger partial charge >= 0.3 is 0 Å². The van der Waals surface area contributed by atoms with Crippen LogP contribution in [0.3, 0.4) is 0 Å². The normalized spacial score (nSPS) is 18.9. The number of hydrogen-bond donors (Lipinski definition) is 0. The lowest BCUT2D eigenvalue weighted by molar-refractivity contribution is -0.132. The van der Waals surface area contributed by atoms with E-state index in [-0.39, 0.29) is 12.5 Å². The Bertz CT molecular complexity index is 690. The highest BCUT2D eigenvalue weighted by molar-refractivity contribution is 5.94. The van der Waals surface area contributed by atoms with Crippen LogP contribution >= 0.6 is 0 Å². The molecule has 26 heavy (non-hydrogen) atoms. The number of rotatable bonds is 3. The molecular formula is C19H23F3N2O2. The smallest absolute Gasteiger partial charge is 0.256 e. The first-order valence-electron chi connectivity index (χ1n) is 9.17. The molecule has 0 unspecified atom stereocenters. The van der Waals surface area contributed by atoms with Crippen molar-refractivity contribution < 1.29 is 22.8 Å². The van der Waals surface area contributed by atoms with Gasteiger partial charge in [-0.15, -0.1) is 0 Å². The molecule has 1 aromatic rings. The summed E-state index contributed by atoms with van der Waals surface area (Å²) in [6.45, 7) is 1.54. The molecule has 7 heteroatoms. The molecule has 0 atom stereocenters. The van der Waals surface area contributed by atoms with Gasteiger partial charge < -0.3 is 9.80 Å². The lowest BCUT2D eigenvalue weighted by atomic mass is 10.0. The second-order valence-corrected chi connectivity index (χ2v) is 7.13. The predicted octanol–water partition coefficient (Wildman–Crippen LogP) is 3.36. The van der Waals surface area contributed by atoms with Gasteiger partial charge in [-0.1, -0.05) is 12.8 Å². The molecule has 1 aliphatic carbocycles. The third-order valence-electron chi connectivity index (χ3n) is 5.31. The summed E-state index contributed by atoms with van der Waals surface area (Å²) in [6.07, 6.45) is 5.68. The van der Waals surface area contributed by atoms with Gasteiger partial charge in [-0.3, -0.25) is 9.59 Å². The third-order valence-corrected chi connectivity index (χ3v) is 5.31. The molecule has 4 nitrogen and oxygen atoms in total. The molecule has 142 valence electrons. The Morgan fingerprint density at radius 2 is 1.46 bits per heavy atom. The summed E-state index contributed by atoms with van der Waals surface area (Å²) >= 11 is 0. The SMILES string of the molecule is O=C(CC1CCCC1)N1CCCN(C(=O)c2cc(F)c(F)cc2F)CC1. The minimum absolute atomic E-state index is 0.102. The molecule has 0 aromatic heterocycles. The zero-order valence-electron chi connectivity index (χ0n) is 14.6. The average Bonchev–Trinajstić information content (AvgIpc) is 2.98. The van der Waals surface area contributed by atoms with Gasteiger partial charge in [0.25, 0.3) is 5.91 Å². The van der Waals surface area contributed by atoms with Crippen LogP contribution in [-0.4, -0.2) is 47.8 Å². The molecule has 1 aromatic carbocycles. The number of benzene rings is 1. The molecule has 0 spiro atoms.